The van der Waals surface area contributed by atoms with Crippen LogP contribution in [-0.4, -0.2) is 25.2 Å². The number of benzene rings is 2. The highest BCUT2D eigenvalue weighted by Crippen LogP contribution is 2.25. The lowest BCUT2D eigenvalue weighted by atomic mass is 10.0. The molecule has 3 rings (SSSR count). The zero-order chi connectivity index (χ0) is 18.4. The number of rotatable bonds is 7. The first kappa shape index (κ1) is 18.2. The Labute approximate surface area is 153 Å². The molecule has 3 N–H and O–H groups in total. The summed E-state index contributed by atoms with van der Waals surface area (Å²) >= 11 is 0. The molecular weight excluding hydrogens is 330 g/mol. The van der Waals surface area contributed by atoms with Crippen molar-refractivity contribution in [2.75, 3.05) is 18.5 Å². The SMILES string of the molecule is CCOc1ccc(NC(=O)C2CC(c3ccc(OCC)cc3)NN2)cc1. The molecule has 0 spiro atoms. The summed E-state index contributed by atoms with van der Waals surface area (Å²) in [7, 11) is 0. The van der Waals surface area contributed by atoms with Gasteiger partial charge in [0.25, 0.3) is 0 Å². The number of ether oxygens (including phenoxy) is 2. The molecule has 1 aliphatic rings. The van der Waals surface area contributed by atoms with Crippen molar-refractivity contribution < 1.29 is 14.3 Å². The molecule has 0 aromatic heterocycles. The number of hydrogen-bond donors (Lipinski definition) is 3. The van der Waals surface area contributed by atoms with Crippen LogP contribution in [0, 0.1) is 0 Å². The lowest BCUT2D eigenvalue weighted by Gasteiger charge is -2.12. The van der Waals surface area contributed by atoms with Crippen molar-refractivity contribution >= 4 is 11.6 Å². The second-order valence-electron chi connectivity index (χ2n) is 6.08. The smallest absolute Gasteiger partial charge is 0.242 e. The second-order valence-corrected chi connectivity index (χ2v) is 6.08. The molecule has 0 saturated carbocycles. The predicted octanol–water partition coefficient (Wildman–Crippen LogP) is 3.03. The van der Waals surface area contributed by atoms with E-state index in [0.29, 0.717) is 19.6 Å². The van der Waals surface area contributed by atoms with Gasteiger partial charge in [-0.05, 0) is 62.2 Å². The summed E-state index contributed by atoms with van der Waals surface area (Å²) in [6.45, 7) is 5.17. The summed E-state index contributed by atoms with van der Waals surface area (Å²) in [6, 6.07) is 15.1. The first-order chi connectivity index (χ1) is 12.7. The fourth-order valence-electron chi connectivity index (χ4n) is 2.94. The fourth-order valence-corrected chi connectivity index (χ4v) is 2.94. The van der Waals surface area contributed by atoms with E-state index in [0.717, 1.165) is 22.7 Å². The van der Waals surface area contributed by atoms with Crippen molar-refractivity contribution in [3.63, 3.8) is 0 Å². The highest BCUT2D eigenvalue weighted by atomic mass is 16.5. The first-order valence-electron chi connectivity index (χ1n) is 8.97. The van der Waals surface area contributed by atoms with Crippen molar-refractivity contribution in [3.05, 3.63) is 54.1 Å². The van der Waals surface area contributed by atoms with E-state index < -0.39 is 0 Å². The van der Waals surface area contributed by atoms with E-state index in [1.807, 2.05) is 62.4 Å². The van der Waals surface area contributed by atoms with Crippen LogP contribution in [0.5, 0.6) is 11.5 Å². The Morgan fingerprint density at radius 1 is 0.962 bits per heavy atom. The number of amides is 1. The number of nitrogens with one attached hydrogen (secondary N) is 3. The van der Waals surface area contributed by atoms with Crippen LogP contribution in [0.15, 0.2) is 48.5 Å². The lowest BCUT2D eigenvalue weighted by molar-refractivity contribution is -0.117. The van der Waals surface area contributed by atoms with E-state index in [1.54, 1.807) is 0 Å². The zero-order valence-electron chi connectivity index (χ0n) is 15.1. The van der Waals surface area contributed by atoms with Crippen molar-refractivity contribution in [1.82, 2.24) is 10.9 Å². The maximum Gasteiger partial charge on any atom is 0.242 e. The minimum absolute atomic E-state index is 0.0601. The van der Waals surface area contributed by atoms with Gasteiger partial charge in [-0.3, -0.25) is 4.79 Å². The molecular formula is C20H25N3O3. The summed E-state index contributed by atoms with van der Waals surface area (Å²) in [5, 5.41) is 2.93. The van der Waals surface area contributed by atoms with E-state index in [2.05, 4.69) is 16.2 Å². The highest BCUT2D eigenvalue weighted by molar-refractivity contribution is 5.95. The van der Waals surface area contributed by atoms with Crippen molar-refractivity contribution in [3.8, 4) is 11.5 Å². The average molecular weight is 355 g/mol. The number of anilines is 1. The molecule has 2 atom stereocenters. The van der Waals surface area contributed by atoms with Gasteiger partial charge in [-0.15, -0.1) is 0 Å². The molecule has 138 valence electrons. The minimum Gasteiger partial charge on any atom is -0.494 e. The number of carbonyl (C=O) groups excluding carboxylic acids is 1. The molecule has 26 heavy (non-hydrogen) atoms. The Hall–Kier alpha value is -2.57. The minimum atomic E-state index is -0.293. The quantitative estimate of drug-likeness (QED) is 0.712. The number of hydrazine groups is 1. The molecule has 1 heterocycles. The normalized spacial score (nSPS) is 19.2. The van der Waals surface area contributed by atoms with E-state index in [1.165, 1.54) is 0 Å². The topological polar surface area (TPSA) is 71.6 Å². The Balaban J connectivity index is 1.55. The molecule has 0 radical (unpaired) electrons. The molecule has 2 aromatic carbocycles. The van der Waals surface area contributed by atoms with Gasteiger partial charge in [-0.1, -0.05) is 12.1 Å². The molecule has 0 bridgehead atoms. The first-order valence-corrected chi connectivity index (χ1v) is 8.97. The highest BCUT2D eigenvalue weighted by Gasteiger charge is 2.30. The molecule has 1 fully saturated rings. The Kier molecular flexibility index (Phi) is 6.09. The molecule has 6 heteroatoms. The van der Waals surface area contributed by atoms with Crippen molar-refractivity contribution in [1.29, 1.82) is 0 Å². The maximum absolute atomic E-state index is 12.5. The van der Waals surface area contributed by atoms with Crippen LogP contribution in [0.4, 0.5) is 5.69 Å². The van der Waals surface area contributed by atoms with Gasteiger partial charge in [-0.2, -0.15) is 0 Å². The van der Waals surface area contributed by atoms with Gasteiger partial charge in [0.1, 0.15) is 17.5 Å². The molecule has 2 aromatic rings. The third-order valence-electron chi connectivity index (χ3n) is 4.25. The summed E-state index contributed by atoms with van der Waals surface area (Å²) < 4.78 is 10.9. The standard InChI is InChI=1S/C20H25N3O3/c1-3-25-16-9-5-14(6-10-16)18-13-19(23-22-18)20(24)21-15-7-11-17(12-8-15)26-4-2/h5-12,18-19,22-23H,3-4,13H2,1-2H3,(H,21,24). The number of carbonyl (C=O) groups is 1. The van der Waals surface area contributed by atoms with Gasteiger partial charge >= 0.3 is 0 Å². The Morgan fingerprint density at radius 2 is 1.54 bits per heavy atom. The van der Waals surface area contributed by atoms with Gasteiger partial charge in [0.05, 0.1) is 13.2 Å². The molecule has 6 nitrogen and oxygen atoms in total. The molecule has 1 saturated heterocycles. The Morgan fingerprint density at radius 3 is 2.12 bits per heavy atom. The number of hydrogen-bond acceptors (Lipinski definition) is 5. The van der Waals surface area contributed by atoms with Gasteiger partial charge < -0.3 is 14.8 Å². The van der Waals surface area contributed by atoms with Crippen molar-refractivity contribution in [2.24, 2.45) is 0 Å². The monoisotopic (exact) mass is 355 g/mol. The summed E-state index contributed by atoms with van der Waals surface area (Å²) in [4.78, 5) is 12.5. The zero-order valence-corrected chi connectivity index (χ0v) is 15.1. The van der Waals surface area contributed by atoms with Crippen LogP contribution in [-0.2, 0) is 4.79 Å². The molecule has 0 aliphatic carbocycles. The third kappa shape index (κ3) is 4.53. The van der Waals surface area contributed by atoms with E-state index in [-0.39, 0.29) is 18.0 Å². The summed E-state index contributed by atoms with van der Waals surface area (Å²) in [5.41, 5.74) is 8.15. The maximum atomic E-state index is 12.5. The van der Waals surface area contributed by atoms with Gasteiger partial charge in [0.15, 0.2) is 0 Å². The van der Waals surface area contributed by atoms with Crippen LogP contribution in [0.3, 0.4) is 0 Å². The van der Waals surface area contributed by atoms with Crippen LogP contribution >= 0.6 is 0 Å². The van der Waals surface area contributed by atoms with Gasteiger partial charge in [-0.25, -0.2) is 10.9 Å². The molecule has 1 amide bonds. The van der Waals surface area contributed by atoms with E-state index >= 15 is 0 Å². The molecule has 2 unspecified atom stereocenters. The summed E-state index contributed by atoms with van der Waals surface area (Å²) in [5.74, 6) is 1.59. The van der Waals surface area contributed by atoms with Gasteiger partial charge in [0.2, 0.25) is 5.91 Å². The third-order valence-corrected chi connectivity index (χ3v) is 4.25. The van der Waals surface area contributed by atoms with Crippen LogP contribution in [0.1, 0.15) is 31.9 Å². The average Bonchev–Trinajstić information content (AvgIpc) is 3.15. The van der Waals surface area contributed by atoms with Gasteiger partial charge in [0, 0.05) is 11.7 Å². The molecule has 1 aliphatic heterocycles. The van der Waals surface area contributed by atoms with Crippen molar-refractivity contribution in [2.45, 2.75) is 32.4 Å². The van der Waals surface area contributed by atoms with E-state index in [4.69, 9.17) is 9.47 Å². The van der Waals surface area contributed by atoms with Crippen LogP contribution in [0.25, 0.3) is 0 Å². The van der Waals surface area contributed by atoms with Crippen LogP contribution < -0.4 is 25.6 Å². The largest absolute Gasteiger partial charge is 0.494 e. The van der Waals surface area contributed by atoms with Crippen LogP contribution in [0.2, 0.25) is 0 Å². The summed E-state index contributed by atoms with van der Waals surface area (Å²) in [6.07, 6.45) is 0.677. The van der Waals surface area contributed by atoms with E-state index in [9.17, 15) is 4.79 Å². The fraction of sp³-hybridized carbons (Fsp3) is 0.350. The second kappa shape index (κ2) is 8.69. The lowest BCUT2D eigenvalue weighted by Crippen LogP contribution is -2.39. The Bertz CT molecular complexity index is 716. The predicted molar refractivity (Wildman–Crippen MR) is 101 cm³/mol.